The second kappa shape index (κ2) is 16.4. The van der Waals surface area contributed by atoms with Crippen LogP contribution >= 0.6 is 0 Å². The van der Waals surface area contributed by atoms with Gasteiger partial charge in [0, 0.05) is 104 Å². The second-order valence-electron chi connectivity index (χ2n) is 17.9. The molecule has 5 aliphatic heterocycles. The van der Waals surface area contributed by atoms with Gasteiger partial charge in [-0.15, -0.1) is 0 Å². The molecule has 7 heterocycles. The molecule has 0 aliphatic carbocycles. The number of pyridine rings is 1. The molecule has 10 rings (SSSR count). The van der Waals surface area contributed by atoms with Crippen LogP contribution in [0.1, 0.15) is 63.1 Å². The SMILES string of the molecule is O=C1CC[C@@H](N2Cc3cc(CC[C@@H](O)CN4CC5(C4)CN(c4ccc(-c6cnc7[nH]cc(C(=O)c8c(F)ccc(NS(=O)(=O)N9CC[C@@H](F)C9)c8F)c7c6)cc4)C5)ccc3C2=O)C(=O)N1. The zero-order valence-electron chi connectivity index (χ0n) is 35.0. The first-order valence-corrected chi connectivity index (χ1v) is 23.0. The summed E-state index contributed by atoms with van der Waals surface area (Å²) in [7, 11) is -4.36. The van der Waals surface area contributed by atoms with Gasteiger partial charge in [-0.05, 0) is 78.8 Å². The molecule has 338 valence electrons. The van der Waals surface area contributed by atoms with Crippen LogP contribution in [-0.2, 0) is 32.8 Å². The lowest BCUT2D eigenvalue weighted by molar-refractivity contribution is -0.136. The Balaban J connectivity index is 0.720. The number of nitrogens with one attached hydrogen (secondary N) is 3. The number of aliphatic hydroxyl groups excluding tert-OH is 1. The number of carbonyl (C=O) groups excluding carboxylic acids is 4. The number of fused-ring (bicyclic) bond motifs is 2. The number of aromatic amines is 1. The number of piperidine rings is 1. The minimum Gasteiger partial charge on any atom is -0.392 e. The molecule has 15 nitrogen and oxygen atoms in total. The summed E-state index contributed by atoms with van der Waals surface area (Å²) < 4.78 is 73.0. The van der Waals surface area contributed by atoms with E-state index in [-0.39, 0.29) is 42.2 Å². The fraction of sp³-hybridized carbons (Fsp3) is 0.370. The summed E-state index contributed by atoms with van der Waals surface area (Å²) in [5.74, 6) is -4.55. The van der Waals surface area contributed by atoms with Crippen LogP contribution in [0.3, 0.4) is 0 Å². The van der Waals surface area contributed by atoms with E-state index in [1.165, 1.54) is 11.1 Å². The molecule has 4 fully saturated rings. The molecule has 0 unspecified atom stereocenters. The Labute approximate surface area is 371 Å². The van der Waals surface area contributed by atoms with Crippen molar-refractivity contribution in [2.45, 2.75) is 57.0 Å². The van der Waals surface area contributed by atoms with E-state index in [1.54, 1.807) is 18.3 Å². The van der Waals surface area contributed by atoms with Crippen molar-refractivity contribution in [3.8, 4) is 11.1 Å². The van der Waals surface area contributed by atoms with Crippen molar-refractivity contribution in [2.75, 3.05) is 55.4 Å². The summed E-state index contributed by atoms with van der Waals surface area (Å²) >= 11 is 0. The summed E-state index contributed by atoms with van der Waals surface area (Å²) in [5.41, 5.74) is 3.75. The highest BCUT2D eigenvalue weighted by Gasteiger charge is 2.51. The standard InChI is InChI=1S/C46H45F3N8O7S/c47-30-13-14-56(20-30)65(63,64)53-37-10-9-36(48)40(41(37)49)42(60)35-18-51-43-34(35)16-28(17-50-43)27-3-5-31(6-4-27)55-24-46(25-55)22-54(23-46)21-32(58)7-1-26-2-8-33-29(15-26)19-57(45(33)62)38-11-12-39(59)52-44(38)61/h2-6,8-10,15-18,30,32,38,53,58H,1,7,11-14,19-25H2,(H,50,51)(H,52,59,61)/t30-,32-,38-/m1/s1. The number of anilines is 2. The summed E-state index contributed by atoms with van der Waals surface area (Å²) in [6.07, 6.45) is 2.78. The maximum absolute atomic E-state index is 15.7. The number of ketones is 1. The Morgan fingerprint density at radius 3 is 2.51 bits per heavy atom. The molecule has 19 heteroatoms. The highest BCUT2D eigenvalue weighted by atomic mass is 32.2. The zero-order valence-corrected chi connectivity index (χ0v) is 35.8. The number of aryl methyl sites for hydroxylation is 1. The molecule has 0 bridgehead atoms. The fourth-order valence-corrected chi connectivity index (χ4v) is 11.2. The number of nitrogens with zero attached hydrogens (tertiary/aromatic N) is 5. The first kappa shape index (κ1) is 42.8. The maximum Gasteiger partial charge on any atom is 0.301 e. The van der Waals surface area contributed by atoms with Crippen molar-refractivity contribution >= 4 is 56.1 Å². The smallest absolute Gasteiger partial charge is 0.301 e. The number of hydrogen-bond donors (Lipinski definition) is 4. The molecule has 4 saturated heterocycles. The highest BCUT2D eigenvalue weighted by Crippen LogP contribution is 2.42. The number of amides is 3. The van der Waals surface area contributed by atoms with Crippen LogP contribution in [0.5, 0.6) is 0 Å². The first-order chi connectivity index (χ1) is 31.1. The minimum atomic E-state index is -4.36. The van der Waals surface area contributed by atoms with Gasteiger partial charge in [-0.25, -0.2) is 18.2 Å². The van der Waals surface area contributed by atoms with E-state index in [4.69, 9.17) is 0 Å². The first-order valence-electron chi connectivity index (χ1n) is 21.6. The molecule has 3 aromatic carbocycles. The van der Waals surface area contributed by atoms with Crippen LogP contribution in [0.15, 0.2) is 73.1 Å². The van der Waals surface area contributed by atoms with Gasteiger partial charge in [0.25, 0.3) is 5.91 Å². The normalized spacial score (nSPS) is 21.4. The van der Waals surface area contributed by atoms with Crippen molar-refractivity contribution in [2.24, 2.45) is 5.41 Å². The molecule has 1 spiro atoms. The van der Waals surface area contributed by atoms with Gasteiger partial charge in [-0.3, -0.25) is 34.1 Å². The quantitative estimate of drug-likeness (QED) is 0.0980. The summed E-state index contributed by atoms with van der Waals surface area (Å²) in [4.78, 5) is 64.1. The van der Waals surface area contributed by atoms with Crippen molar-refractivity contribution in [3.05, 3.63) is 113 Å². The van der Waals surface area contributed by atoms with Crippen LogP contribution in [-0.4, -0.2) is 125 Å². The Bertz CT molecular complexity index is 2880. The van der Waals surface area contributed by atoms with Crippen molar-refractivity contribution in [1.82, 2.24) is 29.4 Å². The number of imide groups is 1. The average molecular weight is 911 g/mol. The number of likely N-dealkylation sites (tertiary alicyclic amines) is 1. The Morgan fingerprint density at radius 2 is 1.77 bits per heavy atom. The van der Waals surface area contributed by atoms with Gasteiger partial charge in [0.15, 0.2) is 5.82 Å². The van der Waals surface area contributed by atoms with Gasteiger partial charge in [-0.2, -0.15) is 12.7 Å². The lowest BCUT2D eigenvalue weighted by Gasteiger charge is -2.61. The van der Waals surface area contributed by atoms with E-state index in [2.05, 4.69) is 25.1 Å². The Kier molecular flexibility index (Phi) is 10.8. The van der Waals surface area contributed by atoms with Crippen molar-refractivity contribution in [3.63, 3.8) is 0 Å². The number of benzene rings is 3. The third kappa shape index (κ3) is 8.04. The molecular formula is C46H45F3N8O7S. The molecule has 2 aromatic heterocycles. The third-order valence-electron chi connectivity index (χ3n) is 13.3. The summed E-state index contributed by atoms with van der Waals surface area (Å²) in [5, 5.41) is 13.6. The monoisotopic (exact) mass is 910 g/mol. The van der Waals surface area contributed by atoms with Gasteiger partial charge in [0.05, 0.1) is 17.4 Å². The highest BCUT2D eigenvalue weighted by molar-refractivity contribution is 7.90. The lowest BCUT2D eigenvalue weighted by atomic mass is 9.72. The van der Waals surface area contributed by atoms with Crippen LogP contribution in [0.4, 0.5) is 24.5 Å². The summed E-state index contributed by atoms with van der Waals surface area (Å²) in [6.45, 7) is 3.89. The van der Waals surface area contributed by atoms with E-state index >= 15 is 8.78 Å². The number of H-pyrrole nitrogens is 1. The van der Waals surface area contributed by atoms with E-state index in [9.17, 15) is 37.1 Å². The molecule has 65 heavy (non-hydrogen) atoms. The van der Waals surface area contributed by atoms with E-state index < -0.39 is 69.6 Å². The molecule has 5 aromatic rings. The van der Waals surface area contributed by atoms with Crippen molar-refractivity contribution < 1.29 is 45.9 Å². The van der Waals surface area contributed by atoms with Gasteiger partial charge in [0.1, 0.15) is 23.7 Å². The molecular weight excluding hydrogens is 866 g/mol. The average Bonchev–Trinajstić information content (AvgIpc) is 3.98. The van der Waals surface area contributed by atoms with Gasteiger partial charge in [-0.1, -0.05) is 24.3 Å². The van der Waals surface area contributed by atoms with Gasteiger partial charge in [0.2, 0.25) is 17.6 Å². The maximum atomic E-state index is 15.7. The van der Waals surface area contributed by atoms with Crippen molar-refractivity contribution in [1.29, 1.82) is 0 Å². The number of β-amino-alcohol motifs (C(OH)–C–C–N with tert-alkyl or cyclic N) is 1. The van der Waals surface area contributed by atoms with Crippen LogP contribution in [0.25, 0.3) is 22.2 Å². The van der Waals surface area contributed by atoms with E-state index in [0.29, 0.717) is 54.5 Å². The Morgan fingerprint density at radius 1 is 0.985 bits per heavy atom. The number of halogens is 3. The van der Waals surface area contributed by atoms with E-state index in [0.717, 1.165) is 65.0 Å². The molecule has 5 aliphatic rings. The molecule has 0 saturated carbocycles. The molecule has 3 amide bonds. The van der Waals surface area contributed by atoms with Gasteiger partial charge >= 0.3 is 10.2 Å². The fourth-order valence-electron chi connectivity index (χ4n) is 9.98. The number of hydrogen-bond acceptors (Lipinski definition) is 10. The number of rotatable bonds is 13. The third-order valence-corrected chi connectivity index (χ3v) is 14.8. The lowest BCUT2D eigenvalue weighted by Crippen LogP contribution is -2.72. The number of carbonyl (C=O) groups is 4. The largest absolute Gasteiger partial charge is 0.392 e. The molecule has 4 N–H and O–H groups in total. The van der Waals surface area contributed by atoms with Gasteiger partial charge < -0.3 is 19.9 Å². The topological polar surface area (TPSA) is 188 Å². The molecule has 0 radical (unpaired) electrons. The number of aliphatic hydroxyl groups is 1. The van der Waals surface area contributed by atoms with Crippen LogP contribution in [0.2, 0.25) is 0 Å². The van der Waals surface area contributed by atoms with E-state index in [1.807, 2.05) is 41.1 Å². The number of aromatic nitrogens is 2. The van der Waals surface area contributed by atoms with Crippen LogP contribution < -0.4 is 14.9 Å². The number of alkyl halides is 1. The zero-order chi connectivity index (χ0) is 45.4. The Hall–Kier alpha value is -6.15. The summed E-state index contributed by atoms with van der Waals surface area (Å²) in [6, 6.07) is 16.3. The predicted octanol–water partition coefficient (Wildman–Crippen LogP) is 4.32. The second-order valence-corrected chi connectivity index (χ2v) is 19.6. The molecule has 3 atom stereocenters. The minimum absolute atomic E-state index is 0.00233. The predicted molar refractivity (Wildman–Crippen MR) is 233 cm³/mol. The van der Waals surface area contributed by atoms with Crippen LogP contribution in [0, 0.1) is 17.0 Å².